The van der Waals surface area contributed by atoms with E-state index in [1.54, 1.807) is 17.0 Å². The molecule has 0 unspecified atom stereocenters. The number of aryl methyl sites for hydroxylation is 1. The number of rotatable bonds is 27. The normalized spacial score (nSPS) is 19.1. The molecule has 20 heteroatoms. The monoisotopic (exact) mass is 1250 g/mol. The minimum atomic E-state index is -0.824. The zero-order valence-electron chi connectivity index (χ0n) is 52.6. The first kappa shape index (κ1) is 65.3. The highest BCUT2D eigenvalue weighted by Crippen LogP contribution is 2.49. The molecule has 10 rings (SSSR count). The average Bonchev–Trinajstić information content (AvgIpc) is 0.803. The van der Waals surface area contributed by atoms with Gasteiger partial charge in [0.1, 0.15) is 36.0 Å². The van der Waals surface area contributed by atoms with Crippen LogP contribution in [0.15, 0.2) is 115 Å². The lowest BCUT2D eigenvalue weighted by molar-refractivity contribution is -0.143. The molecule has 90 heavy (non-hydrogen) atoms. The number of esters is 1. The first-order valence-electron chi connectivity index (χ1n) is 31.5. The zero-order valence-corrected chi connectivity index (χ0v) is 53.3. The molecule has 1 aromatic heterocycles. The maximum absolute atomic E-state index is 14.6. The maximum atomic E-state index is 14.6. The van der Waals surface area contributed by atoms with Gasteiger partial charge in [0.15, 0.2) is 0 Å². The average molecular weight is 1250 g/mol. The molecule has 6 atom stereocenters. The van der Waals surface area contributed by atoms with Gasteiger partial charge in [-0.05, 0) is 127 Å². The molecule has 19 nitrogen and oxygen atoms in total. The molecule has 4 heterocycles. The first-order chi connectivity index (χ1) is 43.6. The van der Waals surface area contributed by atoms with Crippen LogP contribution in [0.4, 0.5) is 22.9 Å². The van der Waals surface area contributed by atoms with Crippen molar-refractivity contribution in [1.29, 1.82) is 0 Å². The lowest BCUT2D eigenvalue weighted by Gasteiger charge is -2.42. The number of hydrogen-bond acceptors (Lipinski definition) is 16. The first-order valence-corrected chi connectivity index (χ1v) is 31.8. The molecule has 0 radical (unpaired) electrons. The van der Waals surface area contributed by atoms with Crippen LogP contribution in [-0.4, -0.2) is 145 Å². The number of methoxy groups -OCH3 is 1. The predicted octanol–water partition coefficient (Wildman–Crippen LogP) is 10.4. The molecule has 2 fully saturated rings. The van der Waals surface area contributed by atoms with Crippen molar-refractivity contribution in [2.45, 2.75) is 102 Å². The lowest BCUT2D eigenvalue weighted by Crippen LogP contribution is -2.48. The van der Waals surface area contributed by atoms with Crippen molar-refractivity contribution in [2.75, 3.05) is 120 Å². The number of hydrogen-bond donors (Lipinski definition) is 3. The summed E-state index contributed by atoms with van der Waals surface area (Å²) in [5, 5.41) is 6.77. The summed E-state index contributed by atoms with van der Waals surface area (Å²) in [6.45, 7) is 16.1. The van der Waals surface area contributed by atoms with Crippen molar-refractivity contribution >= 4 is 58.2 Å². The van der Waals surface area contributed by atoms with Crippen LogP contribution in [0.2, 0.25) is 5.02 Å². The molecule has 478 valence electrons. The number of nitrogens with one attached hydrogen (secondary N) is 2. The molecule has 1 saturated carbocycles. The Balaban J connectivity index is 0.610. The van der Waals surface area contributed by atoms with Crippen LogP contribution in [0.3, 0.4) is 0 Å². The van der Waals surface area contributed by atoms with Crippen LogP contribution in [0.25, 0.3) is 11.1 Å². The summed E-state index contributed by atoms with van der Waals surface area (Å²) in [5.41, 5.74) is 13.7. The Hall–Kier alpha value is -7.65. The highest BCUT2D eigenvalue weighted by Gasteiger charge is 2.48. The number of nitrogen functional groups attached to an aromatic ring is 1. The van der Waals surface area contributed by atoms with Gasteiger partial charge in [0.25, 0.3) is 11.8 Å². The molecule has 4 aliphatic rings. The summed E-state index contributed by atoms with van der Waals surface area (Å²) < 4.78 is 40.6. The van der Waals surface area contributed by atoms with Gasteiger partial charge in [-0.15, -0.1) is 0 Å². The van der Waals surface area contributed by atoms with Crippen LogP contribution in [-0.2, 0) is 43.4 Å². The summed E-state index contributed by atoms with van der Waals surface area (Å²) in [5.74, 6) is 0.596. The van der Waals surface area contributed by atoms with E-state index in [9.17, 15) is 19.2 Å². The lowest BCUT2D eigenvalue weighted by atomic mass is 9.79. The third kappa shape index (κ3) is 15.7. The third-order valence-corrected chi connectivity index (χ3v) is 17.7. The largest absolute Gasteiger partial charge is 0.490 e. The fraction of sp³-hybridized carbons (Fsp3) is 0.457. The highest BCUT2D eigenvalue weighted by atomic mass is 35.5. The van der Waals surface area contributed by atoms with Crippen LogP contribution in [0.1, 0.15) is 127 Å². The second-order valence-corrected chi connectivity index (χ2v) is 24.8. The third-order valence-electron chi connectivity index (χ3n) is 17.3. The Kier molecular flexibility index (Phi) is 22.1. The summed E-state index contributed by atoms with van der Waals surface area (Å²) in [4.78, 5) is 71.5. The number of amides is 3. The minimum absolute atomic E-state index is 0.0509. The Bertz CT molecular complexity index is 3440. The van der Waals surface area contributed by atoms with E-state index in [0.29, 0.717) is 154 Å². The SMILES string of the molecule is COC(=O)[C@H]1c2ccccc2C(=O)N(c2ccc(C(C)(C)C)c(Cl)c2)[C@@H]1c1ccc2c(c1)N(CCOCCOCCOCCOCCOCCNC(=O)[C@@H]1C[C@@H]3CCCC[C@@H]3N1c1cc([C@H](C)NC(=O)c3ccc(-c4ccc(N)cc4)cc3)nc(C)n1)CCO2. The second-order valence-electron chi connectivity index (χ2n) is 24.4. The van der Waals surface area contributed by atoms with Crippen LogP contribution >= 0.6 is 11.6 Å². The molecular weight excluding hydrogens is 1160 g/mol. The van der Waals surface area contributed by atoms with Gasteiger partial charge >= 0.3 is 5.97 Å². The molecule has 5 aromatic carbocycles. The number of ether oxygens (including phenoxy) is 7. The van der Waals surface area contributed by atoms with E-state index < -0.39 is 24.0 Å². The van der Waals surface area contributed by atoms with Gasteiger partial charge in [0.05, 0.1) is 103 Å². The van der Waals surface area contributed by atoms with Gasteiger partial charge in [-0.3, -0.25) is 24.1 Å². The Morgan fingerprint density at radius 3 is 2.11 bits per heavy atom. The van der Waals surface area contributed by atoms with E-state index in [0.717, 1.165) is 60.0 Å². The van der Waals surface area contributed by atoms with Crippen molar-refractivity contribution in [3.05, 3.63) is 160 Å². The standard InChI is InChI=1S/C70H85ClN8O11/c1-45(74-66(80)49-17-15-47(16-18-49)48-19-22-52(72)23-20-48)58-44-63(76-46(2)75-58)79-59-14-10-7-11-50(59)41-61(79)67(81)73-27-30-85-33-35-87-37-39-89-40-38-88-36-34-86-31-28-77-29-32-90-62-26-21-51(42-60(62)77)65-64(69(83)84-6)54-12-8-9-13-55(54)68(82)78(65)53-24-25-56(57(71)43-53)70(3,4)5/h8-9,12-13,15-26,42-45,50,59,61,64-65H,7,10-11,14,27-41,72H2,1-6H3,(H,73,81)(H,74,80)/t45-,50-,59-,61-,64-,65+/m0/s1. The van der Waals surface area contributed by atoms with Gasteiger partial charge in [0.2, 0.25) is 5.91 Å². The Morgan fingerprint density at radius 2 is 1.43 bits per heavy atom. The van der Waals surface area contributed by atoms with E-state index in [2.05, 4.69) is 41.2 Å². The van der Waals surface area contributed by atoms with E-state index in [-0.39, 0.29) is 35.2 Å². The van der Waals surface area contributed by atoms with Crippen molar-refractivity contribution in [3.8, 4) is 16.9 Å². The molecule has 4 N–H and O–H groups in total. The molecule has 6 aromatic rings. The van der Waals surface area contributed by atoms with Crippen molar-refractivity contribution in [2.24, 2.45) is 5.92 Å². The van der Waals surface area contributed by atoms with Crippen molar-refractivity contribution in [1.82, 2.24) is 20.6 Å². The number of fused-ring (bicyclic) bond motifs is 3. The number of benzene rings is 5. The zero-order chi connectivity index (χ0) is 63.3. The van der Waals surface area contributed by atoms with E-state index in [1.807, 2.05) is 117 Å². The fourth-order valence-corrected chi connectivity index (χ4v) is 13.3. The molecule has 0 spiro atoms. The van der Waals surface area contributed by atoms with E-state index >= 15 is 0 Å². The number of nitrogens with zero attached hydrogens (tertiary/aromatic N) is 5. The van der Waals surface area contributed by atoms with Gasteiger partial charge in [-0.2, -0.15) is 0 Å². The van der Waals surface area contributed by atoms with Gasteiger partial charge in [-0.1, -0.05) is 99.8 Å². The van der Waals surface area contributed by atoms with Gasteiger partial charge < -0.3 is 59.3 Å². The Morgan fingerprint density at radius 1 is 0.778 bits per heavy atom. The van der Waals surface area contributed by atoms with Crippen LogP contribution < -0.4 is 35.8 Å². The molecule has 1 saturated heterocycles. The summed E-state index contributed by atoms with van der Waals surface area (Å²) >= 11 is 6.92. The number of carbonyl (C=O) groups excluding carboxylic acids is 4. The summed E-state index contributed by atoms with van der Waals surface area (Å²) in [6, 6.07) is 34.4. The molecule has 1 aliphatic carbocycles. The van der Waals surface area contributed by atoms with Gasteiger partial charge in [-0.25, -0.2) is 9.97 Å². The quantitative estimate of drug-likeness (QED) is 0.0248. The number of aromatic nitrogens is 2. The number of carbonyl (C=O) groups is 4. The number of halogens is 1. The van der Waals surface area contributed by atoms with E-state index in [4.69, 9.17) is 60.5 Å². The highest BCUT2D eigenvalue weighted by molar-refractivity contribution is 6.32. The topological polar surface area (TPSA) is 218 Å². The predicted molar refractivity (Wildman–Crippen MR) is 348 cm³/mol. The van der Waals surface area contributed by atoms with Crippen LogP contribution in [0.5, 0.6) is 5.75 Å². The van der Waals surface area contributed by atoms with Crippen molar-refractivity contribution < 1.29 is 52.3 Å². The summed E-state index contributed by atoms with van der Waals surface area (Å²) in [7, 11) is 1.37. The maximum Gasteiger partial charge on any atom is 0.315 e. The fourth-order valence-electron chi connectivity index (χ4n) is 12.8. The minimum Gasteiger partial charge on any atom is -0.490 e. The molecular formula is C70H85ClN8O11. The van der Waals surface area contributed by atoms with Gasteiger partial charge in [0, 0.05) is 52.7 Å². The molecule has 3 amide bonds. The Labute approximate surface area is 533 Å². The van der Waals surface area contributed by atoms with Crippen LogP contribution in [0, 0.1) is 12.8 Å². The van der Waals surface area contributed by atoms with E-state index in [1.165, 1.54) is 7.11 Å². The number of anilines is 4. The summed E-state index contributed by atoms with van der Waals surface area (Å²) in [6.07, 6.45) is 5.05. The second kappa shape index (κ2) is 30.4. The molecule has 3 aliphatic heterocycles. The van der Waals surface area contributed by atoms with Crippen molar-refractivity contribution in [3.63, 3.8) is 0 Å². The number of nitrogens with two attached hydrogens (primary N) is 1. The molecule has 0 bridgehead atoms. The smallest absolute Gasteiger partial charge is 0.315 e.